The van der Waals surface area contributed by atoms with E-state index in [0.717, 1.165) is 21.8 Å². The van der Waals surface area contributed by atoms with E-state index in [9.17, 15) is 19.7 Å². The molecule has 1 aliphatic rings. The van der Waals surface area contributed by atoms with Crippen LogP contribution in [0.5, 0.6) is 0 Å². The van der Waals surface area contributed by atoms with Gasteiger partial charge in [-0.3, -0.25) is 19.8 Å². The summed E-state index contributed by atoms with van der Waals surface area (Å²) >= 11 is 0.975. The van der Waals surface area contributed by atoms with E-state index >= 15 is 0 Å². The van der Waals surface area contributed by atoms with Crippen molar-refractivity contribution in [2.75, 3.05) is 0 Å². The smallest absolute Gasteiger partial charge is 0.319 e. The van der Waals surface area contributed by atoms with Crippen LogP contribution in [-0.2, 0) is 22.3 Å². The number of nitro groups is 1. The Labute approximate surface area is 161 Å². The number of hydrogen-bond donors (Lipinski definition) is 1. The minimum absolute atomic E-state index is 0.00463. The van der Waals surface area contributed by atoms with Crippen LogP contribution in [0.2, 0.25) is 0 Å². The summed E-state index contributed by atoms with van der Waals surface area (Å²) < 4.78 is 0. The maximum absolute atomic E-state index is 13.0. The number of benzene rings is 1. The molecule has 1 aromatic heterocycles. The van der Waals surface area contributed by atoms with Gasteiger partial charge in [0.05, 0.1) is 11.5 Å². The Bertz CT molecular complexity index is 914. The molecule has 1 fully saturated rings. The van der Waals surface area contributed by atoms with Crippen molar-refractivity contribution in [2.24, 2.45) is 0 Å². The fraction of sp³-hybridized carbons (Fsp3) is 0.368. The molecule has 0 bridgehead atoms. The van der Waals surface area contributed by atoms with Crippen LogP contribution in [0, 0.1) is 10.1 Å². The lowest BCUT2D eigenvalue weighted by Gasteiger charge is -2.24. The average molecular weight is 387 g/mol. The lowest BCUT2D eigenvalue weighted by molar-refractivity contribution is -0.380. The first-order chi connectivity index (χ1) is 12.5. The van der Waals surface area contributed by atoms with Gasteiger partial charge in [0.2, 0.25) is 0 Å². The van der Waals surface area contributed by atoms with Crippen LogP contribution in [0.4, 0.5) is 9.80 Å². The number of hydrogen-bond acceptors (Lipinski definition) is 5. The molecule has 1 aliphatic heterocycles. The molecule has 2 aromatic rings. The predicted octanol–water partition coefficient (Wildman–Crippen LogP) is 3.92. The number of carbonyl (C=O) groups excluding carboxylic acids is 2. The zero-order chi connectivity index (χ0) is 20.0. The van der Waals surface area contributed by atoms with Crippen LogP contribution in [0.25, 0.3) is 0 Å². The Morgan fingerprint density at radius 2 is 1.85 bits per heavy atom. The van der Waals surface area contributed by atoms with Crippen molar-refractivity contribution in [1.29, 1.82) is 0 Å². The molecule has 2 heterocycles. The quantitative estimate of drug-likeness (QED) is 0.489. The molecule has 1 aromatic carbocycles. The maximum Gasteiger partial charge on any atom is 0.325 e. The summed E-state index contributed by atoms with van der Waals surface area (Å²) in [4.78, 5) is 36.8. The van der Waals surface area contributed by atoms with E-state index in [1.54, 1.807) is 12.3 Å². The summed E-state index contributed by atoms with van der Waals surface area (Å²) in [7, 11) is 0. The van der Waals surface area contributed by atoms with Crippen LogP contribution in [-0.4, -0.2) is 21.8 Å². The van der Waals surface area contributed by atoms with Crippen molar-refractivity contribution < 1.29 is 14.5 Å². The highest BCUT2D eigenvalue weighted by atomic mass is 32.1. The Morgan fingerprint density at radius 3 is 2.37 bits per heavy atom. The first-order valence-electron chi connectivity index (χ1n) is 8.49. The number of carbonyl (C=O) groups is 2. The maximum atomic E-state index is 13.0. The SMILES string of the molecule is CC(C)(C)c1ccc(C2(C)NC(=O)N(Cc3csc([N+](=O)[O-])c3)C2=O)cc1. The third-order valence-corrected chi connectivity index (χ3v) is 5.69. The minimum Gasteiger partial charge on any atom is -0.319 e. The standard InChI is InChI=1S/C19H21N3O4S/c1-18(2,3)13-5-7-14(8-6-13)19(4)16(23)21(17(24)20-19)10-12-9-15(22(25)26)27-11-12/h5-9,11H,10H2,1-4H3,(H,20,24). The van der Waals surface area contributed by atoms with Gasteiger partial charge in [-0.2, -0.15) is 0 Å². The first kappa shape index (κ1) is 19.0. The molecular weight excluding hydrogens is 366 g/mol. The number of imide groups is 1. The molecule has 1 N–H and O–H groups in total. The summed E-state index contributed by atoms with van der Waals surface area (Å²) in [5, 5.41) is 15.2. The Hall–Kier alpha value is -2.74. The second-order valence-electron chi connectivity index (χ2n) is 7.82. The molecule has 142 valence electrons. The van der Waals surface area contributed by atoms with E-state index in [-0.39, 0.29) is 22.9 Å². The lowest BCUT2D eigenvalue weighted by atomic mass is 9.84. The van der Waals surface area contributed by atoms with Gasteiger partial charge in [0.1, 0.15) is 5.54 Å². The normalized spacial score (nSPS) is 20.1. The van der Waals surface area contributed by atoms with Crippen molar-refractivity contribution in [3.8, 4) is 0 Å². The van der Waals surface area contributed by atoms with Gasteiger partial charge in [-0.15, -0.1) is 0 Å². The summed E-state index contributed by atoms with van der Waals surface area (Å²) in [6.45, 7) is 8.00. The monoisotopic (exact) mass is 387 g/mol. The van der Waals surface area contributed by atoms with Gasteiger partial charge in [-0.05, 0) is 29.0 Å². The minimum atomic E-state index is -1.16. The van der Waals surface area contributed by atoms with Crippen LogP contribution in [0.1, 0.15) is 44.4 Å². The van der Waals surface area contributed by atoms with E-state index < -0.39 is 16.5 Å². The molecule has 27 heavy (non-hydrogen) atoms. The molecule has 8 heteroatoms. The Balaban J connectivity index is 1.84. The summed E-state index contributed by atoms with van der Waals surface area (Å²) in [5.74, 6) is -0.370. The molecule has 1 saturated heterocycles. The van der Waals surface area contributed by atoms with E-state index in [1.165, 1.54) is 6.07 Å². The van der Waals surface area contributed by atoms with E-state index in [2.05, 4.69) is 26.1 Å². The molecule has 0 radical (unpaired) electrons. The molecular formula is C19H21N3O4S. The summed E-state index contributed by atoms with van der Waals surface area (Å²) in [6, 6.07) is 8.53. The van der Waals surface area contributed by atoms with E-state index in [0.29, 0.717) is 11.1 Å². The van der Waals surface area contributed by atoms with Crippen LogP contribution < -0.4 is 5.32 Å². The third kappa shape index (κ3) is 3.44. The van der Waals surface area contributed by atoms with Crippen molar-refractivity contribution in [3.63, 3.8) is 0 Å². The van der Waals surface area contributed by atoms with Gasteiger partial charge in [0, 0.05) is 11.4 Å². The van der Waals surface area contributed by atoms with Gasteiger partial charge in [-0.1, -0.05) is 56.4 Å². The van der Waals surface area contributed by atoms with E-state index in [1.807, 2.05) is 24.3 Å². The number of nitrogens with one attached hydrogen (secondary N) is 1. The Morgan fingerprint density at radius 1 is 1.22 bits per heavy atom. The fourth-order valence-corrected chi connectivity index (χ4v) is 3.78. The molecule has 1 atom stereocenters. The number of rotatable bonds is 4. The molecule has 0 spiro atoms. The predicted molar refractivity (Wildman–Crippen MR) is 103 cm³/mol. The summed E-state index contributed by atoms with van der Waals surface area (Å²) in [5.41, 5.74) is 1.22. The average Bonchev–Trinajstić information content (AvgIpc) is 3.14. The molecule has 0 saturated carbocycles. The van der Waals surface area contributed by atoms with Crippen molar-refractivity contribution >= 4 is 28.3 Å². The fourth-order valence-electron chi connectivity index (χ4n) is 3.06. The zero-order valence-electron chi connectivity index (χ0n) is 15.6. The van der Waals surface area contributed by atoms with Gasteiger partial charge < -0.3 is 5.32 Å². The van der Waals surface area contributed by atoms with Crippen LogP contribution in [0.15, 0.2) is 35.7 Å². The van der Waals surface area contributed by atoms with Crippen molar-refractivity contribution in [2.45, 2.75) is 45.2 Å². The molecule has 3 rings (SSSR count). The number of urea groups is 1. The van der Waals surface area contributed by atoms with Crippen molar-refractivity contribution in [3.05, 3.63) is 62.5 Å². The highest BCUT2D eigenvalue weighted by molar-refractivity contribution is 7.13. The summed E-state index contributed by atoms with van der Waals surface area (Å²) in [6.07, 6.45) is 0. The van der Waals surface area contributed by atoms with Gasteiger partial charge in [0.25, 0.3) is 5.91 Å². The second kappa shape index (κ2) is 6.45. The molecule has 0 aliphatic carbocycles. The molecule has 7 nitrogen and oxygen atoms in total. The van der Waals surface area contributed by atoms with Crippen LogP contribution in [0.3, 0.4) is 0 Å². The third-order valence-electron chi connectivity index (χ3n) is 4.76. The zero-order valence-corrected chi connectivity index (χ0v) is 16.4. The van der Waals surface area contributed by atoms with E-state index in [4.69, 9.17) is 0 Å². The highest BCUT2D eigenvalue weighted by Gasteiger charge is 2.49. The first-order valence-corrected chi connectivity index (χ1v) is 9.37. The second-order valence-corrected chi connectivity index (χ2v) is 8.71. The topological polar surface area (TPSA) is 92.6 Å². The molecule has 1 unspecified atom stereocenters. The van der Waals surface area contributed by atoms with Gasteiger partial charge >= 0.3 is 11.0 Å². The van der Waals surface area contributed by atoms with Crippen LogP contribution >= 0.6 is 11.3 Å². The highest BCUT2D eigenvalue weighted by Crippen LogP contribution is 2.32. The number of thiophene rings is 1. The van der Waals surface area contributed by atoms with Gasteiger partial charge in [-0.25, -0.2) is 4.79 Å². The van der Waals surface area contributed by atoms with Crippen molar-refractivity contribution in [1.82, 2.24) is 10.2 Å². The number of nitrogens with zero attached hydrogens (tertiary/aromatic N) is 2. The Kier molecular flexibility index (Phi) is 4.55. The largest absolute Gasteiger partial charge is 0.325 e. The lowest BCUT2D eigenvalue weighted by Crippen LogP contribution is -2.40. The van der Waals surface area contributed by atoms with Gasteiger partial charge in [0.15, 0.2) is 0 Å². The number of amides is 3. The molecule has 3 amide bonds.